The molecule has 8 nitrogen and oxygen atoms in total. The highest BCUT2D eigenvalue weighted by molar-refractivity contribution is 14.1. The van der Waals surface area contributed by atoms with Gasteiger partial charge in [-0.05, 0) is 78.4 Å². The van der Waals surface area contributed by atoms with Gasteiger partial charge < -0.3 is 19.5 Å². The van der Waals surface area contributed by atoms with Gasteiger partial charge in [0.25, 0.3) is 11.8 Å². The Bertz CT molecular complexity index is 916. The molecule has 2 aromatic carbocycles. The van der Waals surface area contributed by atoms with Gasteiger partial charge in [0.15, 0.2) is 11.5 Å². The summed E-state index contributed by atoms with van der Waals surface area (Å²) in [5.41, 5.74) is 3.59. The molecule has 30 heavy (non-hydrogen) atoms. The number of amides is 2. The Morgan fingerprint density at radius 1 is 1.17 bits per heavy atom. The largest absolute Gasteiger partial charge is 0.497 e. The van der Waals surface area contributed by atoms with E-state index in [1.807, 2.05) is 13.0 Å². The summed E-state index contributed by atoms with van der Waals surface area (Å²) in [6.07, 6.45) is 1.50. The third kappa shape index (κ3) is 6.34. The quantitative estimate of drug-likeness (QED) is 0.298. The highest BCUT2D eigenvalue weighted by Crippen LogP contribution is 2.33. The number of carbonyl (C=O) groups excluding carboxylic acids is 2. The van der Waals surface area contributed by atoms with E-state index >= 15 is 0 Å². The van der Waals surface area contributed by atoms with Gasteiger partial charge in [0.05, 0.1) is 30.6 Å². The molecular formula is C21H24IN3O5. The normalized spacial score (nSPS) is 11.6. The Kier molecular flexibility index (Phi) is 8.90. The molecule has 2 rings (SSSR count). The molecule has 0 heterocycles. The summed E-state index contributed by atoms with van der Waals surface area (Å²) in [6.45, 7) is 3.96. The zero-order valence-electron chi connectivity index (χ0n) is 17.2. The average Bonchev–Trinajstić information content (AvgIpc) is 2.73. The molecule has 0 aromatic heterocycles. The lowest BCUT2D eigenvalue weighted by molar-refractivity contribution is -0.122. The molecule has 0 aliphatic rings. The number of nitrogens with zero attached hydrogens (tertiary/aromatic N) is 1. The SMILES string of the molecule is CCOc1cc(C=NNC(=O)C(C)NC(=O)c2ccc(OC)cc2)cc(I)c1OC. The van der Waals surface area contributed by atoms with Crippen molar-refractivity contribution in [1.82, 2.24) is 10.7 Å². The van der Waals surface area contributed by atoms with Crippen molar-refractivity contribution in [2.45, 2.75) is 19.9 Å². The summed E-state index contributed by atoms with van der Waals surface area (Å²) in [6, 6.07) is 9.46. The first kappa shape index (κ1) is 23.5. The first-order chi connectivity index (χ1) is 14.4. The van der Waals surface area contributed by atoms with Crippen LogP contribution in [0.25, 0.3) is 0 Å². The molecule has 0 bridgehead atoms. The van der Waals surface area contributed by atoms with E-state index in [4.69, 9.17) is 14.2 Å². The number of carbonyl (C=O) groups is 2. The highest BCUT2D eigenvalue weighted by atomic mass is 127. The van der Waals surface area contributed by atoms with Crippen LogP contribution < -0.4 is 25.0 Å². The molecule has 2 amide bonds. The van der Waals surface area contributed by atoms with Gasteiger partial charge in [-0.2, -0.15) is 5.10 Å². The number of methoxy groups -OCH3 is 2. The molecule has 0 aliphatic carbocycles. The third-order valence-electron chi connectivity index (χ3n) is 4.02. The second-order valence-corrected chi connectivity index (χ2v) is 7.29. The summed E-state index contributed by atoms with van der Waals surface area (Å²) >= 11 is 2.14. The fraction of sp³-hybridized carbons (Fsp3) is 0.286. The fourth-order valence-corrected chi connectivity index (χ4v) is 3.32. The third-order valence-corrected chi connectivity index (χ3v) is 4.82. The molecule has 2 aromatic rings. The van der Waals surface area contributed by atoms with Gasteiger partial charge in [-0.25, -0.2) is 5.43 Å². The Morgan fingerprint density at radius 3 is 2.47 bits per heavy atom. The van der Waals surface area contributed by atoms with Crippen LogP contribution in [0.5, 0.6) is 17.2 Å². The van der Waals surface area contributed by atoms with E-state index in [1.54, 1.807) is 51.5 Å². The molecule has 0 spiro atoms. The predicted octanol–water partition coefficient (Wildman–Crippen LogP) is 2.98. The standard InChI is InChI=1S/C21H24IN3O5/c1-5-30-18-11-14(10-17(22)19(18)29-4)12-23-25-20(26)13(2)24-21(27)15-6-8-16(28-3)9-7-15/h6-13H,5H2,1-4H3,(H,24,27)(H,25,26). The van der Waals surface area contributed by atoms with E-state index in [0.717, 1.165) is 9.13 Å². The molecular weight excluding hydrogens is 501 g/mol. The van der Waals surface area contributed by atoms with Crippen LogP contribution in [0.1, 0.15) is 29.8 Å². The van der Waals surface area contributed by atoms with Crippen molar-refractivity contribution < 1.29 is 23.8 Å². The van der Waals surface area contributed by atoms with Gasteiger partial charge >= 0.3 is 0 Å². The monoisotopic (exact) mass is 525 g/mol. The summed E-state index contributed by atoms with van der Waals surface area (Å²) in [4.78, 5) is 24.5. The van der Waals surface area contributed by atoms with Crippen LogP contribution in [0.15, 0.2) is 41.5 Å². The Balaban J connectivity index is 1.97. The molecule has 160 valence electrons. The summed E-state index contributed by atoms with van der Waals surface area (Å²) in [5, 5.41) is 6.60. The van der Waals surface area contributed by atoms with Crippen molar-refractivity contribution in [2.75, 3.05) is 20.8 Å². The lowest BCUT2D eigenvalue weighted by atomic mass is 10.2. The van der Waals surface area contributed by atoms with E-state index in [9.17, 15) is 9.59 Å². The number of hydrogen-bond acceptors (Lipinski definition) is 6. The van der Waals surface area contributed by atoms with Gasteiger partial charge in [-0.3, -0.25) is 9.59 Å². The minimum Gasteiger partial charge on any atom is -0.497 e. The van der Waals surface area contributed by atoms with Gasteiger partial charge in [0, 0.05) is 5.56 Å². The number of hydrazone groups is 1. The predicted molar refractivity (Wildman–Crippen MR) is 123 cm³/mol. The van der Waals surface area contributed by atoms with Crippen LogP contribution >= 0.6 is 22.6 Å². The van der Waals surface area contributed by atoms with Crippen molar-refractivity contribution in [3.8, 4) is 17.2 Å². The number of ether oxygens (including phenoxy) is 3. The first-order valence-corrected chi connectivity index (χ1v) is 10.3. The molecule has 1 unspecified atom stereocenters. The molecule has 0 aliphatic heterocycles. The zero-order valence-corrected chi connectivity index (χ0v) is 19.3. The van der Waals surface area contributed by atoms with Crippen LogP contribution in [0, 0.1) is 3.57 Å². The molecule has 0 radical (unpaired) electrons. The van der Waals surface area contributed by atoms with Crippen LogP contribution in [-0.2, 0) is 4.79 Å². The highest BCUT2D eigenvalue weighted by Gasteiger charge is 2.16. The molecule has 9 heteroatoms. The van der Waals surface area contributed by atoms with E-state index in [-0.39, 0.29) is 5.91 Å². The Morgan fingerprint density at radius 2 is 1.87 bits per heavy atom. The smallest absolute Gasteiger partial charge is 0.262 e. The number of benzene rings is 2. The minimum absolute atomic E-state index is 0.365. The maximum Gasteiger partial charge on any atom is 0.262 e. The molecule has 0 saturated carbocycles. The molecule has 2 N–H and O–H groups in total. The molecule has 0 fully saturated rings. The van der Waals surface area contributed by atoms with Crippen LogP contribution in [-0.4, -0.2) is 44.9 Å². The second-order valence-electron chi connectivity index (χ2n) is 6.13. The van der Waals surface area contributed by atoms with Crippen molar-refractivity contribution in [3.63, 3.8) is 0 Å². The van der Waals surface area contributed by atoms with E-state index in [1.165, 1.54) is 6.21 Å². The number of hydrogen-bond donors (Lipinski definition) is 2. The van der Waals surface area contributed by atoms with Crippen LogP contribution in [0.4, 0.5) is 0 Å². The fourth-order valence-electron chi connectivity index (χ4n) is 2.48. The summed E-state index contributed by atoms with van der Waals surface area (Å²) in [5.74, 6) is 1.08. The van der Waals surface area contributed by atoms with Crippen LogP contribution in [0.3, 0.4) is 0 Å². The van der Waals surface area contributed by atoms with Gasteiger partial charge in [-0.15, -0.1) is 0 Å². The summed E-state index contributed by atoms with van der Waals surface area (Å²) in [7, 11) is 3.13. The lowest BCUT2D eigenvalue weighted by Crippen LogP contribution is -2.43. The summed E-state index contributed by atoms with van der Waals surface area (Å²) < 4.78 is 16.9. The van der Waals surface area contributed by atoms with E-state index in [0.29, 0.717) is 29.4 Å². The average molecular weight is 525 g/mol. The van der Waals surface area contributed by atoms with Crippen molar-refractivity contribution in [2.24, 2.45) is 5.10 Å². The topological polar surface area (TPSA) is 98.2 Å². The van der Waals surface area contributed by atoms with Gasteiger partial charge in [0.2, 0.25) is 0 Å². The first-order valence-electron chi connectivity index (χ1n) is 9.17. The zero-order chi connectivity index (χ0) is 22.1. The van der Waals surface area contributed by atoms with Gasteiger partial charge in [-0.1, -0.05) is 0 Å². The Labute approximate surface area is 189 Å². The second kappa shape index (κ2) is 11.4. The van der Waals surface area contributed by atoms with Crippen molar-refractivity contribution >= 4 is 40.6 Å². The van der Waals surface area contributed by atoms with Crippen molar-refractivity contribution in [1.29, 1.82) is 0 Å². The lowest BCUT2D eigenvalue weighted by Gasteiger charge is -2.13. The van der Waals surface area contributed by atoms with Gasteiger partial charge in [0.1, 0.15) is 11.8 Å². The molecule has 1 atom stereocenters. The number of nitrogens with one attached hydrogen (secondary N) is 2. The number of halogens is 1. The maximum absolute atomic E-state index is 12.3. The Hall–Kier alpha value is -2.82. The number of rotatable bonds is 9. The van der Waals surface area contributed by atoms with Crippen LogP contribution in [0.2, 0.25) is 0 Å². The van der Waals surface area contributed by atoms with E-state index in [2.05, 4.69) is 38.4 Å². The molecule has 0 saturated heterocycles. The maximum atomic E-state index is 12.3. The minimum atomic E-state index is -0.772. The van der Waals surface area contributed by atoms with E-state index < -0.39 is 11.9 Å². The van der Waals surface area contributed by atoms with Crippen molar-refractivity contribution in [3.05, 3.63) is 51.1 Å².